The SMILES string of the molecule is O=C(NC1C[C@H](C(F)(F)F)C[C@@H](C(F)(F)F)C1)c1cccnc1N1CCCCC1. The highest BCUT2D eigenvalue weighted by Gasteiger charge is 2.52. The van der Waals surface area contributed by atoms with Crippen LogP contribution in [0.25, 0.3) is 0 Å². The van der Waals surface area contributed by atoms with Crippen molar-refractivity contribution in [3.8, 4) is 0 Å². The molecule has 1 amide bonds. The summed E-state index contributed by atoms with van der Waals surface area (Å²) >= 11 is 0. The van der Waals surface area contributed by atoms with Gasteiger partial charge in [0.1, 0.15) is 5.82 Å². The Hall–Kier alpha value is -2.00. The smallest absolute Gasteiger partial charge is 0.356 e. The zero-order valence-electron chi connectivity index (χ0n) is 15.7. The van der Waals surface area contributed by atoms with E-state index in [9.17, 15) is 31.1 Å². The van der Waals surface area contributed by atoms with Crippen molar-refractivity contribution in [2.75, 3.05) is 18.0 Å². The average Bonchev–Trinajstić information content (AvgIpc) is 2.67. The van der Waals surface area contributed by atoms with Gasteiger partial charge in [0.25, 0.3) is 5.91 Å². The number of piperidine rings is 1. The van der Waals surface area contributed by atoms with Crippen LogP contribution in [0, 0.1) is 11.8 Å². The summed E-state index contributed by atoms with van der Waals surface area (Å²) in [7, 11) is 0. The van der Waals surface area contributed by atoms with Crippen LogP contribution in [-0.2, 0) is 0 Å². The highest BCUT2D eigenvalue weighted by Crippen LogP contribution is 2.45. The minimum atomic E-state index is -4.74. The lowest BCUT2D eigenvalue weighted by molar-refractivity contribution is -0.225. The van der Waals surface area contributed by atoms with Crippen molar-refractivity contribution >= 4 is 11.7 Å². The van der Waals surface area contributed by atoms with E-state index < -0.39 is 55.4 Å². The van der Waals surface area contributed by atoms with Crippen molar-refractivity contribution in [2.45, 2.75) is 56.9 Å². The fourth-order valence-electron chi connectivity index (χ4n) is 4.17. The molecule has 0 spiro atoms. The monoisotopic (exact) mass is 423 g/mol. The first-order valence-electron chi connectivity index (χ1n) is 9.70. The van der Waals surface area contributed by atoms with E-state index in [1.54, 1.807) is 0 Å². The number of hydrogen-bond donors (Lipinski definition) is 1. The second kappa shape index (κ2) is 8.39. The molecule has 2 heterocycles. The van der Waals surface area contributed by atoms with Crippen molar-refractivity contribution in [2.24, 2.45) is 11.8 Å². The number of carbonyl (C=O) groups excluding carboxylic acids is 1. The van der Waals surface area contributed by atoms with E-state index in [0.717, 1.165) is 19.3 Å². The number of hydrogen-bond acceptors (Lipinski definition) is 3. The molecule has 1 saturated carbocycles. The Labute approximate surface area is 164 Å². The highest BCUT2D eigenvalue weighted by atomic mass is 19.4. The molecule has 10 heteroatoms. The zero-order chi connectivity index (χ0) is 21.2. The van der Waals surface area contributed by atoms with Gasteiger partial charge in [-0.05, 0) is 50.7 Å². The molecular formula is C19H23F6N3O. The standard InChI is InChI=1S/C19H23F6N3O/c20-18(21,22)12-9-13(19(23,24)25)11-14(10-12)27-17(29)15-5-4-6-26-16(15)28-7-2-1-3-8-28/h4-6,12-14H,1-3,7-11H2,(H,27,29)/t12-,13-/m1/s1. The topological polar surface area (TPSA) is 45.2 Å². The minimum Gasteiger partial charge on any atom is -0.356 e. The summed E-state index contributed by atoms with van der Waals surface area (Å²) in [4.78, 5) is 18.9. The fraction of sp³-hybridized carbons (Fsp3) is 0.684. The number of nitrogens with zero attached hydrogens (tertiary/aromatic N) is 2. The molecular weight excluding hydrogens is 400 g/mol. The van der Waals surface area contributed by atoms with E-state index in [2.05, 4.69) is 10.3 Å². The van der Waals surface area contributed by atoms with Crippen LogP contribution in [0.15, 0.2) is 18.3 Å². The van der Waals surface area contributed by atoms with Gasteiger partial charge in [-0.1, -0.05) is 0 Å². The second-order valence-corrected chi connectivity index (χ2v) is 7.78. The lowest BCUT2D eigenvalue weighted by Crippen LogP contribution is -2.47. The number of rotatable bonds is 3. The van der Waals surface area contributed by atoms with Crippen LogP contribution >= 0.6 is 0 Å². The molecule has 29 heavy (non-hydrogen) atoms. The summed E-state index contributed by atoms with van der Waals surface area (Å²) in [5.74, 6) is -4.46. The van der Waals surface area contributed by atoms with Gasteiger partial charge in [0, 0.05) is 25.3 Å². The quantitative estimate of drug-likeness (QED) is 0.717. The highest BCUT2D eigenvalue weighted by molar-refractivity contribution is 5.99. The molecule has 0 bridgehead atoms. The second-order valence-electron chi connectivity index (χ2n) is 7.78. The summed E-state index contributed by atoms with van der Waals surface area (Å²) in [6, 6.07) is 1.82. The molecule has 1 aromatic rings. The molecule has 2 aliphatic rings. The van der Waals surface area contributed by atoms with E-state index in [1.165, 1.54) is 18.3 Å². The first kappa shape index (κ1) is 21.7. The zero-order valence-corrected chi connectivity index (χ0v) is 15.7. The Balaban J connectivity index is 1.77. The van der Waals surface area contributed by atoms with Crippen LogP contribution < -0.4 is 10.2 Å². The molecule has 1 N–H and O–H groups in total. The van der Waals surface area contributed by atoms with Gasteiger partial charge < -0.3 is 10.2 Å². The predicted octanol–water partition coefficient (Wildman–Crippen LogP) is 4.71. The van der Waals surface area contributed by atoms with E-state index in [4.69, 9.17) is 0 Å². The number of alkyl halides is 6. The summed E-state index contributed by atoms with van der Waals surface area (Å²) in [6.45, 7) is 1.40. The molecule has 1 saturated heterocycles. The Morgan fingerprint density at radius 1 is 0.966 bits per heavy atom. The molecule has 0 unspecified atom stereocenters. The fourth-order valence-corrected chi connectivity index (χ4v) is 4.17. The number of pyridine rings is 1. The van der Waals surface area contributed by atoms with Gasteiger partial charge in [0.15, 0.2) is 0 Å². The van der Waals surface area contributed by atoms with Crippen LogP contribution in [-0.4, -0.2) is 42.4 Å². The number of carbonyl (C=O) groups is 1. The van der Waals surface area contributed by atoms with Crippen molar-refractivity contribution in [3.63, 3.8) is 0 Å². The van der Waals surface area contributed by atoms with Gasteiger partial charge in [-0.2, -0.15) is 26.3 Å². The average molecular weight is 423 g/mol. The van der Waals surface area contributed by atoms with Gasteiger partial charge in [-0.25, -0.2) is 4.98 Å². The largest absolute Gasteiger partial charge is 0.391 e. The third-order valence-corrected chi connectivity index (χ3v) is 5.66. The van der Waals surface area contributed by atoms with Gasteiger partial charge in [0.05, 0.1) is 17.4 Å². The minimum absolute atomic E-state index is 0.173. The van der Waals surface area contributed by atoms with Crippen LogP contribution in [0.3, 0.4) is 0 Å². The Kier molecular flexibility index (Phi) is 6.28. The van der Waals surface area contributed by atoms with Crippen molar-refractivity contribution in [1.82, 2.24) is 10.3 Å². The predicted molar refractivity (Wildman–Crippen MR) is 94.5 cm³/mol. The van der Waals surface area contributed by atoms with Gasteiger partial charge >= 0.3 is 12.4 Å². The normalized spacial score (nSPS) is 26.3. The summed E-state index contributed by atoms with van der Waals surface area (Å²) in [5.41, 5.74) is 0.173. The van der Waals surface area contributed by atoms with Crippen LogP contribution in [0.1, 0.15) is 48.9 Å². The first-order chi connectivity index (χ1) is 13.6. The van der Waals surface area contributed by atoms with E-state index in [1.807, 2.05) is 4.90 Å². The Morgan fingerprint density at radius 2 is 1.55 bits per heavy atom. The first-order valence-corrected chi connectivity index (χ1v) is 9.70. The number of nitrogens with one attached hydrogen (secondary N) is 1. The van der Waals surface area contributed by atoms with Crippen molar-refractivity contribution in [1.29, 1.82) is 0 Å². The number of halogens is 6. The van der Waals surface area contributed by atoms with E-state index >= 15 is 0 Å². The third kappa shape index (κ3) is 5.33. The Bertz CT molecular complexity index is 693. The van der Waals surface area contributed by atoms with Crippen LogP contribution in [0.4, 0.5) is 32.2 Å². The maximum Gasteiger partial charge on any atom is 0.391 e. The third-order valence-electron chi connectivity index (χ3n) is 5.66. The number of amides is 1. The van der Waals surface area contributed by atoms with Crippen molar-refractivity contribution in [3.05, 3.63) is 23.9 Å². The molecule has 0 aromatic carbocycles. The van der Waals surface area contributed by atoms with Gasteiger partial charge in [-0.15, -0.1) is 0 Å². The molecule has 1 aliphatic carbocycles. The van der Waals surface area contributed by atoms with Crippen LogP contribution in [0.2, 0.25) is 0 Å². The molecule has 0 radical (unpaired) electrons. The maximum atomic E-state index is 13.1. The summed E-state index contributed by atoms with van der Waals surface area (Å²) < 4.78 is 78.9. The molecule has 4 nitrogen and oxygen atoms in total. The van der Waals surface area contributed by atoms with Crippen molar-refractivity contribution < 1.29 is 31.1 Å². The molecule has 3 rings (SSSR count). The molecule has 1 aliphatic heterocycles. The lowest BCUT2D eigenvalue weighted by Gasteiger charge is -2.37. The molecule has 2 fully saturated rings. The van der Waals surface area contributed by atoms with Crippen LogP contribution in [0.5, 0.6) is 0 Å². The summed E-state index contributed by atoms with van der Waals surface area (Å²) in [5, 5.41) is 2.41. The lowest BCUT2D eigenvalue weighted by atomic mass is 9.77. The van der Waals surface area contributed by atoms with E-state index in [0.29, 0.717) is 18.9 Å². The summed E-state index contributed by atoms with van der Waals surface area (Å²) in [6.07, 6.45) is -7.14. The molecule has 1 aromatic heterocycles. The van der Waals surface area contributed by atoms with E-state index in [-0.39, 0.29) is 5.56 Å². The Morgan fingerprint density at radius 3 is 2.10 bits per heavy atom. The molecule has 2 atom stereocenters. The maximum absolute atomic E-state index is 13.1. The number of aromatic nitrogens is 1. The van der Waals surface area contributed by atoms with Gasteiger partial charge in [-0.3, -0.25) is 4.79 Å². The molecule has 162 valence electrons. The number of anilines is 1. The van der Waals surface area contributed by atoms with Gasteiger partial charge in [0.2, 0.25) is 0 Å².